The molecular weight excluding hydrogens is 436 g/mol. The van der Waals surface area contributed by atoms with E-state index in [1.54, 1.807) is 4.90 Å². The van der Waals surface area contributed by atoms with Crippen molar-refractivity contribution in [2.75, 3.05) is 18.1 Å². The molecule has 1 aliphatic rings. The fourth-order valence-corrected chi connectivity index (χ4v) is 4.67. The molecule has 4 nitrogen and oxygen atoms in total. The molecule has 0 bridgehead atoms. The SMILES string of the molecule is O=C(c1cccc(Br)c1)N(CC1CCCO1)c1nc2ccc(Cl)cc2s1. The number of ether oxygens (including phenoxy) is 1. The number of rotatable bonds is 4. The van der Waals surface area contributed by atoms with E-state index in [0.717, 1.165) is 34.1 Å². The zero-order valence-electron chi connectivity index (χ0n) is 13.8. The standard InChI is InChI=1S/C19H16BrClN2O2S/c20-13-4-1-3-12(9-13)18(24)23(11-15-5-2-8-25-15)19-22-16-7-6-14(21)10-17(16)26-19/h1,3-4,6-7,9-10,15H,2,5,8,11H2. The summed E-state index contributed by atoms with van der Waals surface area (Å²) in [6.07, 6.45) is 2.03. The van der Waals surface area contributed by atoms with Gasteiger partial charge in [-0.3, -0.25) is 9.69 Å². The number of anilines is 1. The molecule has 2 heterocycles. The summed E-state index contributed by atoms with van der Waals surface area (Å²) in [6.45, 7) is 1.25. The molecule has 0 saturated carbocycles. The molecule has 7 heteroatoms. The summed E-state index contributed by atoms with van der Waals surface area (Å²) < 4.78 is 7.60. The highest BCUT2D eigenvalue weighted by molar-refractivity contribution is 9.10. The van der Waals surface area contributed by atoms with Crippen molar-refractivity contribution in [3.8, 4) is 0 Å². The maximum atomic E-state index is 13.2. The number of aromatic nitrogens is 1. The predicted molar refractivity (Wildman–Crippen MR) is 109 cm³/mol. The van der Waals surface area contributed by atoms with E-state index in [0.29, 0.717) is 22.3 Å². The minimum atomic E-state index is -0.0769. The van der Waals surface area contributed by atoms with E-state index < -0.39 is 0 Å². The molecule has 0 aliphatic carbocycles. The van der Waals surface area contributed by atoms with Crippen LogP contribution in [0.4, 0.5) is 5.13 Å². The first-order valence-electron chi connectivity index (χ1n) is 8.35. The number of nitrogens with zero attached hydrogens (tertiary/aromatic N) is 2. The fraction of sp³-hybridized carbons (Fsp3) is 0.263. The second-order valence-electron chi connectivity index (χ2n) is 6.17. The maximum Gasteiger partial charge on any atom is 0.260 e. The predicted octanol–water partition coefficient (Wildman–Crippen LogP) is 5.54. The normalized spacial score (nSPS) is 16.9. The van der Waals surface area contributed by atoms with Gasteiger partial charge in [0.15, 0.2) is 5.13 Å². The molecule has 26 heavy (non-hydrogen) atoms. The molecule has 0 radical (unpaired) electrons. The van der Waals surface area contributed by atoms with E-state index >= 15 is 0 Å². The summed E-state index contributed by atoms with van der Waals surface area (Å²) in [5.41, 5.74) is 1.46. The Balaban J connectivity index is 1.72. The van der Waals surface area contributed by atoms with Gasteiger partial charge < -0.3 is 4.74 Å². The highest BCUT2D eigenvalue weighted by Gasteiger charge is 2.27. The van der Waals surface area contributed by atoms with E-state index in [-0.39, 0.29) is 12.0 Å². The minimum absolute atomic E-state index is 0.0432. The topological polar surface area (TPSA) is 42.4 Å². The molecule has 0 N–H and O–H groups in total. The number of carbonyl (C=O) groups excluding carboxylic acids is 1. The monoisotopic (exact) mass is 450 g/mol. The third-order valence-corrected chi connectivity index (χ3v) is 6.07. The fourth-order valence-electron chi connectivity index (χ4n) is 3.02. The van der Waals surface area contributed by atoms with Gasteiger partial charge in [-0.05, 0) is 49.2 Å². The number of amides is 1. The van der Waals surface area contributed by atoms with Crippen molar-refractivity contribution >= 4 is 60.1 Å². The molecule has 1 saturated heterocycles. The first-order chi connectivity index (χ1) is 12.6. The second-order valence-corrected chi connectivity index (χ2v) is 8.53. The lowest BCUT2D eigenvalue weighted by atomic mass is 10.2. The third-order valence-electron chi connectivity index (χ3n) is 4.30. The minimum Gasteiger partial charge on any atom is -0.376 e. The van der Waals surface area contributed by atoms with Crippen LogP contribution in [0.5, 0.6) is 0 Å². The van der Waals surface area contributed by atoms with Gasteiger partial charge in [0, 0.05) is 21.7 Å². The molecule has 1 aliphatic heterocycles. The quantitative estimate of drug-likeness (QED) is 0.523. The largest absolute Gasteiger partial charge is 0.376 e. The van der Waals surface area contributed by atoms with Crippen molar-refractivity contribution in [3.05, 3.63) is 57.5 Å². The van der Waals surface area contributed by atoms with Gasteiger partial charge in [0.05, 0.1) is 22.9 Å². The first kappa shape index (κ1) is 17.9. The molecule has 0 spiro atoms. The molecule has 1 aromatic heterocycles. The van der Waals surface area contributed by atoms with Gasteiger partial charge in [0.25, 0.3) is 5.91 Å². The Hall–Kier alpha value is -1.47. The third kappa shape index (κ3) is 3.78. The molecule has 1 fully saturated rings. The van der Waals surface area contributed by atoms with Gasteiger partial charge in [-0.15, -0.1) is 0 Å². The molecule has 1 unspecified atom stereocenters. The molecular formula is C19H16BrClN2O2S. The van der Waals surface area contributed by atoms with Gasteiger partial charge in [-0.25, -0.2) is 4.98 Å². The van der Waals surface area contributed by atoms with Crippen molar-refractivity contribution in [1.29, 1.82) is 0 Å². The van der Waals surface area contributed by atoms with Crippen LogP contribution in [0, 0.1) is 0 Å². The van der Waals surface area contributed by atoms with Crippen molar-refractivity contribution in [1.82, 2.24) is 4.98 Å². The number of hydrogen-bond donors (Lipinski definition) is 0. The number of thiazole rings is 1. The van der Waals surface area contributed by atoms with Crippen molar-refractivity contribution in [3.63, 3.8) is 0 Å². The molecule has 134 valence electrons. The van der Waals surface area contributed by atoms with Crippen LogP contribution in [0.2, 0.25) is 5.02 Å². The number of halogens is 2. The summed E-state index contributed by atoms with van der Waals surface area (Å²) in [7, 11) is 0. The van der Waals surface area contributed by atoms with Crippen LogP contribution >= 0.6 is 38.9 Å². The number of benzene rings is 2. The molecule has 3 aromatic rings. The van der Waals surface area contributed by atoms with Gasteiger partial charge in [-0.1, -0.05) is 44.9 Å². The first-order valence-corrected chi connectivity index (χ1v) is 10.3. The van der Waals surface area contributed by atoms with E-state index in [9.17, 15) is 4.79 Å². The van der Waals surface area contributed by atoms with E-state index in [1.807, 2.05) is 42.5 Å². The second kappa shape index (κ2) is 7.64. The number of hydrogen-bond acceptors (Lipinski definition) is 4. The number of fused-ring (bicyclic) bond motifs is 1. The molecule has 4 rings (SSSR count). The van der Waals surface area contributed by atoms with E-state index in [4.69, 9.17) is 16.3 Å². The summed E-state index contributed by atoms with van der Waals surface area (Å²) in [5, 5.41) is 1.33. The summed E-state index contributed by atoms with van der Waals surface area (Å²) in [4.78, 5) is 19.6. The van der Waals surface area contributed by atoms with Crippen LogP contribution in [0.3, 0.4) is 0 Å². The average Bonchev–Trinajstić information content (AvgIpc) is 3.28. The summed E-state index contributed by atoms with van der Waals surface area (Å²) in [6, 6.07) is 13.0. The molecule has 1 amide bonds. The Kier molecular flexibility index (Phi) is 5.27. The highest BCUT2D eigenvalue weighted by Crippen LogP contribution is 2.32. The van der Waals surface area contributed by atoms with Crippen molar-refractivity contribution in [2.24, 2.45) is 0 Å². The Morgan fingerprint density at radius 1 is 1.35 bits per heavy atom. The van der Waals surface area contributed by atoms with Crippen LogP contribution in [0.1, 0.15) is 23.2 Å². The Morgan fingerprint density at radius 2 is 2.23 bits per heavy atom. The van der Waals surface area contributed by atoms with Crippen molar-refractivity contribution < 1.29 is 9.53 Å². The highest BCUT2D eigenvalue weighted by atomic mass is 79.9. The van der Waals surface area contributed by atoms with Gasteiger partial charge in [0.1, 0.15) is 0 Å². The van der Waals surface area contributed by atoms with Crippen LogP contribution in [-0.2, 0) is 4.74 Å². The van der Waals surface area contributed by atoms with Gasteiger partial charge in [0.2, 0.25) is 0 Å². The summed E-state index contributed by atoms with van der Waals surface area (Å²) >= 11 is 11.0. The average molecular weight is 452 g/mol. The smallest absolute Gasteiger partial charge is 0.260 e. The Morgan fingerprint density at radius 3 is 3.00 bits per heavy atom. The zero-order chi connectivity index (χ0) is 18.1. The number of carbonyl (C=O) groups is 1. The zero-order valence-corrected chi connectivity index (χ0v) is 17.0. The van der Waals surface area contributed by atoms with Crippen LogP contribution < -0.4 is 4.90 Å². The summed E-state index contributed by atoms with van der Waals surface area (Å²) in [5.74, 6) is -0.0769. The van der Waals surface area contributed by atoms with Gasteiger partial charge >= 0.3 is 0 Å². The van der Waals surface area contributed by atoms with E-state index in [2.05, 4.69) is 20.9 Å². The lowest BCUT2D eigenvalue weighted by Gasteiger charge is -2.23. The van der Waals surface area contributed by atoms with Crippen LogP contribution in [0.15, 0.2) is 46.9 Å². The van der Waals surface area contributed by atoms with Gasteiger partial charge in [-0.2, -0.15) is 0 Å². The molecule has 2 aromatic carbocycles. The molecule has 1 atom stereocenters. The van der Waals surface area contributed by atoms with Crippen molar-refractivity contribution in [2.45, 2.75) is 18.9 Å². The van der Waals surface area contributed by atoms with E-state index in [1.165, 1.54) is 11.3 Å². The maximum absolute atomic E-state index is 13.2. The lowest BCUT2D eigenvalue weighted by molar-refractivity contribution is 0.0917. The lowest BCUT2D eigenvalue weighted by Crippen LogP contribution is -2.37. The Bertz CT molecular complexity index is 956. The van der Waals surface area contributed by atoms with Crippen LogP contribution in [-0.4, -0.2) is 30.1 Å². The van der Waals surface area contributed by atoms with Crippen LogP contribution in [0.25, 0.3) is 10.2 Å². The Labute approximate surface area is 168 Å².